The number of amides is 1. The van der Waals surface area contributed by atoms with Crippen LogP contribution in [0.15, 0.2) is 0 Å². The van der Waals surface area contributed by atoms with Gasteiger partial charge in [-0.3, -0.25) is 5.43 Å². The maximum Gasteiger partial charge on any atom is 0.464 e. The third-order valence-corrected chi connectivity index (χ3v) is 1.26. The first-order chi connectivity index (χ1) is 4.79. The second kappa shape index (κ2) is 3.38. The fourth-order valence-electron chi connectivity index (χ4n) is 0.804. The molecule has 1 rings (SSSR count). The second-order valence-electron chi connectivity index (χ2n) is 2.00. The van der Waals surface area contributed by atoms with Crippen molar-refractivity contribution >= 4 is 6.09 Å². The van der Waals surface area contributed by atoms with Crippen molar-refractivity contribution in [3.8, 4) is 0 Å². The minimum atomic E-state index is -1.26. The summed E-state index contributed by atoms with van der Waals surface area (Å²) < 4.78 is 4.99. The largest absolute Gasteiger partial charge is 0.464 e. The van der Waals surface area contributed by atoms with E-state index in [4.69, 9.17) is 4.74 Å². The van der Waals surface area contributed by atoms with Crippen molar-refractivity contribution < 1.29 is 14.6 Å². The van der Waals surface area contributed by atoms with Crippen molar-refractivity contribution in [2.75, 3.05) is 26.3 Å². The van der Waals surface area contributed by atoms with Gasteiger partial charge in [0.05, 0.1) is 13.2 Å². The van der Waals surface area contributed by atoms with Crippen LogP contribution in [0.5, 0.6) is 0 Å². The minimum absolute atomic E-state index is 0.570. The van der Waals surface area contributed by atoms with Crippen LogP contribution in [0.25, 0.3) is 0 Å². The highest BCUT2D eigenvalue weighted by molar-refractivity contribution is 5.63. The molecule has 10 heavy (non-hydrogen) atoms. The number of hydrazine groups is 1. The van der Waals surface area contributed by atoms with Crippen molar-refractivity contribution in [1.82, 2.24) is 10.4 Å². The van der Waals surface area contributed by atoms with Crippen LogP contribution in [0.4, 0.5) is 4.79 Å². The van der Waals surface area contributed by atoms with Crippen molar-refractivity contribution in [3.05, 3.63) is 0 Å². The van der Waals surface area contributed by atoms with Gasteiger partial charge in [0.2, 0.25) is 0 Å². The van der Waals surface area contributed by atoms with Gasteiger partial charge in [-0.05, 0) is 0 Å². The van der Waals surface area contributed by atoms with Crippen molar-refractivity contribution in [3.63, 3.8) is 0 Å². The van der Waals surface area contributed by atoms with Crippen LogP contribution in [0.3, 0.4) is 0 Å². The van der Waals surface area contributed by atoms with E-state index in [0.29, 0.717) is 26.3 Å². The van der Waals surface area contributed by atoms with Gasteiger partial charge in [-0.15, -0.1) is 0 Å². The molecule has 0 aromatic heterocycles. The van der Waals surface area contributed by atoms with Gasteiger partial charge in [0, 0.05) is 13.1 Å². The minimum Gasteiger partial charge on any atom is -0.379 e. The molecule has 1 heterocycles. The Morgan fingerprint density at radius 3 is 2.50 bits per heavy atom. The lowest BCUT2D eigenvalue weighted by Crippen LogP contribution is -2.47. The Morgan fingerprint density at radius 1 is 1.40 bits per heavy atom. The van der Waals surface area contributed by atoms with Crippen LogP contribution in [0.1, 0.15) is 0 Å². The summed E-state index contributed by atoms with van der Waals surface area (Å²) in [5, 5.41) is 11.5. The van der Waals surface area contributed by atoms with E-state index in [1.807, 2.05) is 0 Å². The maximum absolute atomic E-state index is 9.96. The van der Waals surface area contributed by atoms with Crippen LogP contribution in [-0.2, 0) is 9.84 Å². The Balaban J connectivity index is 2.19. The SMILES string of the molecule is [O]C(=O)NN1CCOCC1. The highest BCUT2D eigenvalue weighted by Crippen LogP contribution is 1.91. The van der Waals surface area contributed by atoms with Crippen LogP contribution in [-0.4, -0.2) is 37.4 Å². The van der Waals surface area contributed by atoms with Gasteiger partial charge in [-0.2, -0.15) is 0 Å². The van der Waals surface area contributed by atoms with Gasteiger partial charge in [0.1, 0.15) is 0 Å². The monoisotopic (exact) mass is 145 g/mol. The Bertz CT molecular complexity index is 122. The summed E-state index contributed by atoms with van der Waals surface area (Å²) in [6, 6.07) is 0. The highest BCUT2D eigenvalue weighted by atomic mass is 16.5. The number of carbonyl (C=O) groups excluding carboxylic acids is 1. The summed E-state index contributed by atoms with van der Waals surface area (Å²) >= 11 is 0. The van der Waals surface area contributed by atoms with Crippen LogP contribution >= 0.6 is 0 Å². The van der Waals surface area contributed by atoms with Crippen molar-refractivity contribution in [1.29, 1.82) is 0 Å². The number of hydrogen-bond donors (Lipinski definition) is 1. The Hall–Kier alpha value is -0.810. The summed E-state index contributed by atoms with van der Waals surface area (Å²) in [7, 11) is 0. The molecule has 0 aromatic rings. The lowest BCUT2D eigenvalue weighted by atomic mass is 10.5. The fraction of sp³-hybridized carbons (Fsp3) is 0.800. The molecule has 0 atom stereocenters. The summed E-state index contributed by atoms with van der Waals surface area (Å²) in [6.45, 7) is 2.32. The second-order valence-corrected chi connectivity index (χ2v) is 2.00. The molecule has 0 unspecified atom stereocenters. The van der Waals surface area contributed by atoms with Crippen LogP contribution in [0, 0.1) is 0 Å². The molecule has 0 spiro atoms. The number of nitrogens with zero attached hydrogens (tertiary/aromatic N) is 1. The molecular formula is C5H9N2O3. The van der Waals surface area contributed by atoms with E-state index in [-0.39, 0.29) is 0 Å². The quantitative estimate of drug-likeness (QED) is 0.534. The first-order valence-electron chi connectivity index (χ1n) is 3.09. The molecule has 0 bridgehead atoms. The molecule has 0 aromatic carbocycles. The number of morpholine rings is 1. The lowest BCUT2D eigenvalue weighted by molar-refractivity contribution is 0.0115. The number of carbonyl (C=O) groups is 1. The Labute approximate surface area is 58.5 Å². The number of nitrogens with one attached hydrogen (secondary N) is 1. The fourth-order valence-corrected chi connectivity index (χ4v) is 0.804. The zero-order valence-corrected chi connectivity index (χ0v) is 5.50. The van der Waals surface area contributed by atoms with Crippen LogP contribution < -0.4 is 5.43 Å². The Kier molecular flexibility index (Phi) is 2.47. The molecule has 0 aliphatic carbocycles. The van der Waals surface area contributed by atoms with Gasteiger partial charge in [0.15, 0.2) is 0 Å². The van der Waals surface area contributed by atoms with Gasteiger partial charge in [-0.1, -0.05) is 0 Å². The average Bonchev–Trinajstić information content (AvgIpc) is 1.88. The first-order valence-corrected chi connectivity index (χ1v) is 3.09. The number of hydrogen-bond acceptors (Lipinski definition) is 3. The van der Waals surface area contributed by atoms with Crippen LogP contribution in [0.2, 0.25) is 0 Å². The molecule has 1 saturated heterocycles. The zero-order valence-electron chi connectivity index (χ0n) is 5.50. The van der Waals surface area contributed by atoms with Crippen molar-refractivity contribution in [2.24, 2.45) is 0 Å². The average molecular weight is 145 g/mol. The summed E-state index contributed by atoms with van der Waals surface area (Å²) in [4.78, 5) is 9.96. The van der Waals surface area contributed by atoms with E-state index < -0.39 is 6.09 Å². The summed E-state index contributed by atoms with van der Waals surface area (Å²) in [5.41, 5.74) is 2.14. The lowest BCUT2D eigenvalue weighted by Gasteiger charge is -2.24. The van der Waals surface area contributed by atoms with E-state index >= 15 is 0 Å². The molecule has 1 amide bonds. The molecule has 1 radical (unpaired) electrons. The molecule has 57 valence electrons. The molecule has 1 aliphatic heterocycles. The van der Waals surface area contributed by atoms with Gasteiger partial charge in [-0.25, -0.2) is 14.9 Å². The molecule has 5 heteroatoms. The van der Waals surface area contributed by atoms with Crippen molar-refractivity contribution in [2.45, 2.75) is 0 Å². The van der Waals surface area contributed by atoms with Gasteiger partial charge < -0.3 is 4.74 Å². The molecule has 5 nitrogen and oxygen atoms in total. The molecule has 0 saturated carbocycles. The summed E-state index contributed by atoms with van der Waals surface area (Å²) in [6.07, 6.45) is -1.26. The third-order valence-electron chi connectivity index (χ3n) is 1.26. The molecule has 1 fully saturated rings. The number of rotatable bonds is 1. The van der Waals surface area contributed by atoms with Gasteiger partial charge in [0.25, 0.3) is 0 Å². The highest BCUT2D eigenvalue weighted by Gasteiger charge is 2.11. The summed E-state index contributed by atoms with van der Waals surface area (Å²) in [5.74, 6) is 0. The smallest absolute Gasteiger partial charge is 0.379 e. The zero-order chi connectivity index (χ0) is 7.40. The van der Waals surface area contributed by atoms with Gasteiger partial charge >= 0.3 is 6.09 Å². The van der Waals surface area contributed by atoms with E-state index in [1.165, 1.54) is 0 Å². The molecule has 1 N–H and O–H groups in total. The van der Waals surface area contributed by atoms with E-state index in [1.54, 1.807) is 5.01 Å². The maximum atomic E-state index is 9.96. The van der Waals surface area contributed by atoms with E-state index in [2.05, 4.69) is 5.43 Å². The molecular weight excluding hydrogens is 136 g/mol. The predicted molar refractivity (Wildman–Crippen MR) is 31.6 cm³/mol. The van der Waals surface area contributed by atoms with E-state index in [9.17, 15) is 9.90 Å². The topological polar surface area (TPSA) is 61.5 Å². The standard InChI is InChI=1S/C5H9N2O3/c8-5(9)6-7-1-3-10-4-2-7/h6H,1-4H2. The third kappa shape index (κ3) is 2.20. The van der Waals surface area contributed by atoms with E-state index in [0.717, 1.165) is 0 Å². The predicted octanol–water partition coefficient (Wildman–Crippen LogP) is -0.626. The first kappa shape index (κ1) is 7.30. The normalized spacial score (nSPS) is 20.4. The number of ether oxygens (including phenoxy) is 1. The Morgan fingerprint density at radius 2 is 2.00 bits per heavy atom. The molecule has 1 aliphatic rings.